The van der Waals surface area contributed by atoms with Crippen molar-refractivity contribution in [1.29, 1.82) is 0 Å². The number of rotatable bonds is 5. The third kappa shape index (κ3) is 2.63. The normalized spacial score (nSPS) is 10.6. The fourth-order valence-electron chi connectivity index (χ4n) is 1.79. The maximum Gasteiger partial charge on any atom is 0.294 e. The summed E-state index contributed by atoms with van der Waals surface area (Å²) in [6, 6.07) is 7.19. The summed E-state index contributed by atoms with van der Waals surface area (Å²) in [6.07, 6.45) is 0. The van der Waals surface area contributed by atoms with Gasteiger partial charge in [-0.2, -0.15) is 0 Å². The third-order valence-electron chi connectivity index (χ3n) is 2.70. The van der Waals surface area contributed by atoms with E-state index < -0.39 is 0 Å². The van der Waals surface area contributed by atoms with Gasteiger partial charge in [-0.15, -0.1) is 0 Å². The van der Waals surface area contributed by atoms with Crippen molar-refractivity contribution >= 4 is 5.69 Å². The summed E-state index contributed by atoms with van der Waals surface area (Å²) in [5.41, 5.74) is 6.90. The highest BCUT2D eigenvalue weighted by Gasteiger charge is 2.11. The van der Waals surface area contributed by atoms with Gasteiger partial charge in [0.2, 0.25) is 0 Å². The molecule has 102 valence electrons. The minimum absolute atomic E-state index is 0.177. The van der Waals surface area contributed by atoms with Crippen LogP contribution in [-0.2, 0) is 11.3 Å². The molecule has 0 atom stereocenters. The molecule has 0 radical (unpaired) electrons. The first kappa shape index (κ1) is 13.2. The Morgan fingerprint density at radius 1 is 1.32 bits per heavy atom. The van der Waals surface area contributed by atoms with Gasteiger partial charge < -0.3 is 15.2 Å². The number of H-pyrrole nitrogens is 1. The van der Waals surface area contributed by atoms with Crippen LogP contribution < -0.4 is 16.0 Å². The predicted octanol–water partition coefficient (Wildman–Crippen LogP) is 1.29. The Kier molecular flexibility index (Phi) is 3.91. The lowest BCUT2D eigenvalue weighted by atomic mass is 10.3. The number of aromatic nitrogens is 2. The molecule has 0 aliphatic carbocycles. The number of methoxy groups -OCH3 is 1. The zero-order chi connectivity index (χ0) is 13.8. The second-order valence-corrected chi connectivity index (χ2v) is 4.00. The van der Waals surface area contributed by atoms with Gasteiger partial charge in [-0.1, -0.05) is 0 Å². The maximum atomic E-state index is 12.0. The molecule has 0 aliphatic rings. The van der Waals surface area contributed by atoms with Gasteiger partial charge in [-0.25, -0.2) is 4.68 Å². The van der Waals surface area contributed by atoms with Crippen LogP contribution in [0.1, 0.15) is 12.6 Å². The fourth-order valence-corrected chi connectivity index (χ4v) is 1.79. The van der Waals surface area contributed by atoms with E-state index in [1.54, 1.807) is 31.4 Å². The largest absolute Gasteiger partial charge is 0.494 e. The van der Waals surface area contributed by atoms with E-state index in [0.717, 1.165) is 5.75 Å². The van der Waals surface area contributed by atoms with E-state index in [1.165, 1.54) is 4.68 Å². The zero-order valence-corrected chi connectivity index (χ0v) is 11.0. The molecule has 0 amide bonds. The Morgan fingerprint density at radius 2 is 2.00 bits per heavy atom. The Balaban J connectivity index is 2.36. The summed E-state index contributed by atoms with van der Waals surface area (Å²) in [5.74, 6) is 0.760. The molecule has 2 aromatic rings. The number of nitrogen functional groups attached to an aromatic ring is 1. The number of nitrogens with zero attached hydrogens (tertiary/aromatic N) is 1. The molecule has 0 spiro atoms. The average Bonchev–Trinajstić information content (AvgIpc) is 2.69. The first-order chi connectivity index (χ1) is 9.17. The molecule has 1 aromatic carbocycles. The van der Waals surface area contributed by atoms with Gasteiger partial charge in [0.1, 0.15) is 11.4 Å². The highest BCUT2D eigenvalue weighted by atomic mass is 16.5. The van der Waals surface area contributed by atoms with E-state index in [1.807, 2.05) is 6.92 Å². The number of nitrogens with one attached hydrogen (secondary N) is 1. The molecule has 0 fully saturated rings. The predicted molar refractivity (Wildman–Crippen MR) is 72.7 cm³/mol. The molecule has 19 heavy (non-hydrogen) atoms. The summed E-state index contributed by atoms with van der Waals surface area (Å²) in [6.45, 7) is 2.79. The van der Waals surface area contributed by atoms with Gasteiger partial charge in [-0.3, -0.25) is 9.89 Å². The number of anilines is 1. The average molecular weight is 263 g/mol. The van der Waals surface area contributed by atoms with Gasteiger partial charge in [0.25, 0.3) is 5.56 Å². The van der Waals surface area contributed by atoms with Crippen LogP contribution in [0.15, 0.2) is 29.1 Å². The third-order valence-corrected chi connectivity index (χ3v) is 2.70. The topological polar surface area (TPSA) is 82.3 Å². The summed E-state index contributed by atoms with van der Waals surface area (Å²) < 4.78 is 11.7. The van der Waals surface area contributed by atoms with Crippen molar-refractivity contribution in [2.75, 3.05) is 19.5 Å². The van der Waals surface area contributed by atoms with Crippen LogP contribution in [0.5, 0.6) is 5.75 Å². The van der Waals surface area contributed by atoms with E-state index in [9.17, 15) is 4.79 Å². The van der Waals surface area contributed by atoms with E-state index in [-0.39, 0.29) is 17.9 Å². The number of nitrogens with two attached hydrogens (primary N) is 1. The van der Waals surface area contributed by atoms with Gasteiger partial charge in [-0.05, 0) is 31.2 Å². The quantitative estimate of drug-likeness (QED) is 0.851. The van der Waals surface area contributed by atoms with E-state index in [2.05, 4.69) is 5.10 Å². The molecule has 0 saturated carbocycles. The molecule has 1 heterocycles. The van der Waals surface area contributed by atoms with Crippen molar-refractivity contribution in [3.63, 3.8) is 0 Å². The van der Waals surface area contributed by atoms with E-state index in [4.69, 9.17) is 15.2 Å². The maximum absolute atomic E-state index is 12.0. The molecular formula is C13H17N3O3. The molecule has 0 aliphatic heterocycles. The Bertz CT molecular complexity index is 599. The van der Waals surface area contributed by atoms with E-state index >= 15 is 0 Å². The van der Waals surface area contributed by atoms with Gasteiger partial charge >= 0.3 is 0 Å². The standard InChI is InChI=1S/C13H17N3O3/c1-3-19-10-6-4-9(5-7-10)16-13(17)12(14)11(15-16)8-18-2/h4-7,15H,3,8,14H2,1-2H3. The summed E-state index contributed by atoms with van der Waals surface area (Å²) in [5, 5.41) is 2.93. The zero-order valence-electron chi connectivity index (χ0n) is 11.0. The highest BCUT2D eigenvalue weighted by molar-refractivity contribution is 5.45. The molecule has 2 rings (SSSR count). The minimum Gasteiger partial charge on any atom is -0.494 e. The smallest absolute Gasteiger partial charge is 0.294 e. The number of ether oxygens (including phenoxy) is 2. The molecule has 0 unspecified atom stereocenters. The number of hydrogen-bond donors (Lipinski definition) is 2. The Labute approximate surface area is 110 Å². The summed E-state index contributed by atoms with van der Waals surface area (Å²) in [4.78, 5) is 12.0. The first-order valence-electron chi connectivity index (χ1n) is 5.99. The highest BCUT2D eigenvalue weighted by Crippen LogP contribution is 2.15. The molecule has 0 bridgehead atoms. The lowest BCUT2D eigenvalue weighted by molar-refractivity contribution is 0.181. The minimum atomic E-state index is -0.281. The number of hydrogen-bond acceptors (Lipinski definition) is 4. The summed E-state index contributed by atoms with van der Waals surface area (Å²) in [7, 11) is 1.55. The van der Waals surface area contributed by atoms with Gasteiger partial charge in [0, 0.05) is 7.11 Å². The van der Waals surface area contributed by atoms with Crippen LogP contribution in [0.4, 0.5) is 5.69 Å². The molecular weight excluding hydrogens is 246 g/mol. The van der Waals surface area contributed by atoms with Crippen LogP contribution in [0.2, 0.25) is 0 Å². The number of benzene rings is 1. The fraction of sp³-hybridized carbons (Fsp3) is 0.308. The molecule has 6 nitrogen and oxygen atoms in total. The van der Waals surface area contributed by atoms with Crippen LogP contribution in [0.25, 0.3) is 5.69 Å². The monoisotopic (exact) mass is 263 g/mol. The van der Waals surface area contributed by atoms with E-state index in [0.29, 0.717) is 18.0 Å². The Morgan fingerprint density at radius 3 is 2.58 bits per heavy atom. The summed E-state index contributed by atoms with van der Waals surface area (Å²) >= 11 is 0. The van der Waals surface area contributed by atoms with Crippen LogP contribution in [0.3, 0.4) is 0 Å². The Hall–Kier alpha value is -2.21. The number of aromatic amines is 1. The SMILES string of the molecule is CCOc1ccc(-n2[nH]c(COC)c(N)c2=O)cc1. The lowest BCUT2D eigenvalue weighted by Gasteiger charge is -2.05. The molecule has 0 saturated heterocycles. The van der Waals surface area contributed by atoms with Crippen molar-refractivity contribution in [1.82, 2.24) is 9.78 Å². The van der Waals surface area contributed by atoms with Crippen molar-refractivity contribution in [3.8, 4) is 11.4 Å². The molecule has 1 aromatic heterocycles. The van der Waals surface area contributed by atoms with Crippen LogP contribution >= 0.6 is 0 Å². The second-order valence-electron chi connectivity index (χ2n) is 4.00. The van der Waals surface area contributed by atoms with Crippen molar-refractivity contribution < 1.29 is 9.47 Å². The molecule has 6 heteroatoms. The van der Waals surface area contributed by atoms with Crippen LogP contribution in [0, 0.1) is 0 Å². The van der Waals surface area contributed by atoms with Crippen molar-refractivity contribution in [3.05, 3.63) is 40.3 Å². The second kappa shape index (κ2) is 5.62. The first-order valence-corrected chi connectivity index (χ1v) is 5.99. The van der Waals surface area contributed by atoms with Crippen molar-refractivity contribution in [2.24, 2.45) is 0 Å². The van der Waals surface area contributed by atoms with Crippen molar-refractivity contribution in [2.45, 2.75) is 13.5 Å². The van der Waals surface area contributed by atoms with Gasteiger partial charge in [0.05, 0.1) is 24.6 Å². The van der Waals surface area contributed by atoms with Gasteiger partial charge in [0.15, 0.2) is 0 Å². The van der Waals surface area contributed by atoms with Crippen LogP contribution in [-0.4, -0.2) is 23.5 Å². The lowest BCUT2D eigenvalue weighted by Crippen LogP contribution is -2.16. The molecule has 3 N–H and O–H groups in total.